The molecule has 1 aromatic heterocycles. The number of sulfonamides is 1. The molecule has 1 aliphatic heterocycles. The summed E-state index contributed by atoms with van der Waals surface area (Å²) in [5, 5.41) is 11.2. The van der Waals surface area contributed by atoms with Crippen molar-refractivity contribution in [2.75, 3.05) is 41.2 Å². The van der Waals surface area contributed by atoms with Crippen LogP contribution in [0.2, 0.25) is 0 Å². The summed E-state index contributed by atoms with van der Waals surface area (Å²) in [5.74, 6) is 0.495. The van der Waals surface area contributed by atoms with Gasteiger partial charge in [0.2, 0.25) is 15.9 Å². The number of aliphatic hydroxyl groups is 1. The first-order valence-corrected chi connectivity index (χ1v) is 13.7. The Morgan fingerprint density at radius 3 is 2.60 bits per heavy atom. The van der Waals surface area contributed by atoms with Crippen LogP contribution in [0.5, 0.6) is 5.88 Å². The Bertz CT molecular complexity index is 1160. The molecule has 0 radical (unpaired) electrons. The molecule has 1 saturated carbocycles. The van der Waals surface area contributed by atoms with Gasteiger partial charge in [0.25, 0.3) is 5.91 Å². The lowest BCUT2D eigenvalue weighted by Crippen LogP contribution is -2.36. The smallest absolute Gasteiger partial charge is 0.258 e. The SMILES string of the molecule is CCCOc1cccc(NC(=O)c2ccc(NS(=O)(=O)[C@@H](C)CO)cc2N2CCC3(CC2)CC3)n1. The molecule has 9 nitrogen and oxygen atoms in total. The standard InChI is InChI=1S/C25H34N4O5S/c1-3-15-34-23-6-4-5-22(26-23)27-24(31)20-8-7-19(28-35(32,33)18(2)17-30)16-21(20)29-13-11-25(9-10-25)12-14-29/h4-8,16,18,28,30H,3,9-15,17H2,1-2H3,(H,26,27,31)/t18-/m0/s1. The van der Waals surface area contributed by atoms with Gasteiger partial charge < -0.3 is 20.1 Å². The number of aromatic nitrogens is 1. The van der Waals surface area contributed by atoms with Crippen LogP contribution < -0.4 is 19.7 Å². The number of nitrogens with zero attached hydrogens (tertiary/aromatic N) is 2. The Kier molecular flexibility index (Phi) is 7.51. The minimum absolute atomic E-state index is 0.329. The normalized spacial score (nSPS) is 17.6. The monoisotopic (exact) mass is 502 g/mol. The molecule has 2 heterocycles. The average molecular weight is 503 g/mol. The van der Waals surface area contributed by atoms with Gasteiger partial charge in [-0.1, -0.05) is 13.0 Å². The Balaban J connectivity index is 1.59. The van der Waals surface area contributed by atoms with Crippen molar-refractivity contribution in [2.45, 2.75) is 51.2 Å². The van der Waals surface area contributed by atoms with Gasteiger partial charge in [0.1, 0.15) is 11.1 Å². The van der Waals surface area contributed by atoms with E-state index in [0.29, 0.717) is 40.7 Å². The van der Waals surface area contributed by atoms with Crippen molar-refractivity contribution in [1.82, 2.24) is 4.98 Å². The maximum Gasteiger partial charge on any atom is 0.258 e. The molecule has 1 atom stereocenters. The van der Waals surface area contributed by atoms with E-state index in [0.717, 1.165) is 32.4 Å². The van der Waals surface area contributed by atoms with E-state index in [1.165, 1.54) is 19.8 Å². The molecule has 1 amide bonds. The van der Waals surface area contributed by atoms with E-state index in [9.17, 15) is 18.3 Å². The van der Waals surface area contributed by atoms with Crippen LogP contribution in [-0.2, 0) is 10.0 Å². The summed E-state index contributed by atoms with van der Waals surface area (Å²) < 4.78 is 33.1. The van der Waals surface area contributed by atoms with E-state index < -0.39 is 21.9 Å². The zero-order chi connectivity index (χ0) is 25.1. The van der Waals surface area contributed by atoms with Crippen LogP contribution in [0.3, 0.4) is 0 Å². The number of rotatable bonds is 10. The summed E-state index contributed by atoms with van der Waals surface area (Å²) in [6, 6.07) is 10.1. The number of nitrogens with one attached hydrogen (secondary N) is 2. The Morgan fingerprint density at radius 2 is 1.94 bits per heavy atom. The van der Waals surface area contributed by atoms with E-state index in [1.807, 2.05) is 6.92 Å². The van der Waals surface area contributed by atoms with Gasteiger partial charge in [-0.25, -0.2) is 8.42 Å². The molecular formula is C25H34N4O5S. The summed E-state index contributed by atoms with van der Waals surface area (Å²) in [7, 11) is -3.76. The van der Waals surface area contributed by atoms with Crippen LogP contribution >= 0.6 is 0 Å². The second-order valence-corrected chi connectivity index (χ2v) is 11.6. The first-order valence-electron chi connectivity index (χ1n) is 12.2. The van der Waals surface area contributed by atoms with E-state index in [4.69, 9.17) is 4.74 Å². The van der Waals surface area contributed by atoms with Crippen LogP contribution in [0.1, 0.15) is 56.3 Å². The number of hydrogen-bond donors (Lipinski definition) is 3. The molecule has 1 aromatic carbocycles. The zero-order valence-electron chi connectivity index (χ0n) is 20.3. The van der Waals surface area contributed by atoms with Crippen molar-refractivity contribution in [3.63, 3.8) is 0 Å². The van der Waals surface area contributed by atoms with E-state index >= 15 is 0 Å². The average Bonchev–Trinajstić information content (AvgIpc) is 3.61. The highest BCUT2D eigenvalue weighted by molar-refractivity contribution is 7.93. The molecule has 3 N–H and O–H groups in total. The highest BCUT2D eigenvalue weighted by Crippen LogP contribution is 2.54. The highest BCUT2D eigenvalue weighted by Gasteiger charge is 2.44. The predicted molar refractivity (Wildman–Crippen MR) is 137 cm³/mol. The number of amides is 1. The number of hydrogen-bond acceptors (Lipinski definition) is 7. The molecule has 0 bridgehead atoms. The lowest BCUT2D eigenvalue weighted by atomic mass is 9.93. The lowest BCUT2D eigenvalue weighted by Gasteiger charge is -2.35. The van der Waals surface area contributed by atoms with Crippen molar-refractivity contribution < 1.29 is 23.1 Å². The van der Waals surface area contributed by atoms with Gasteiger partial charge in [-0.2, -0.15) is 4.98 Å². The van der Waals surface area contributed by atoms with Gasteiger partial charge in [-0.15, -0.1) is 0 Å². The van der Waals surface area contributed by atoms with Crippen molar-refractivity contribution in [2.24, 2.45) is 5.41 Å². The predicted octanol–water partition coefficient (Wildman–Crippen LogP) is 3.63. The van der Waals surface area contributed by atoms with Crippen LogP contribution in [0.15, 0.2) is 36.4 Å². The number of piperidine rings is 1. The second kappa shape index (κ2) is 10.4. The summed E-state index contributed by atoms with van der Waals surface area (Å²) >= 11 is 0. The van der Waals surface area contributed by atoms with Gasteiger partial charge in [-0.05, 0) is 68.7 Å². The summed E-state index contributed by atoms with van der Waals surface area (Å²) in [6.45, 7) is 5.12. The number of ether oxygens (including phenoxy) is 1. The molecule has 0 unspecified atom stereocenters. The van der Waals surface area contributed by atoms with Gasteiger partial charge >= 0.3 is 0 Å². The molecular weight excluding hydrogens is 468 g/mol. The molecule has 1 spiro atoms. The molecule has 2 aromatic rings. The fourth-order valence-electron chi connectivity index (χ4n) is 4.27. The highest BCUT2D eigenvalue weighted by atomic mass is 32.2. The summed E-state index contributed by atoms with van der Waals surface area (Å²) in [4.78, 5) is 19.8. The molecule has 1 aliphatic carbocycles. The maximum atomic E-state index is 13.3. The third-order valence-electron chi connectivity index (χ3n) is 6.83. The third-order valence-corrected chi connectivity index (χ3v) is 8.56. The van der Waals surface area contributed by atoms with Crippen LogP contribution in [-0.4, -0.2) is 56.0 Å². The van der Waals surface area contributed by atoms with Gasteiger partial charge in [0, 0.05) is 19.2 Å². The molecule has 4 rings (SSSR count). The Morgan fingerprint density at radius 1 is 1.20 bits per heavy atom. The molecule has 190 valence electrons. The zero-order valence-corrected chi connectivity index (χ0v) is 21.1. The third kappa shape index (κ3) is 6.05. The topological polar surface area (TPSA) is 121 Å². The second-order valence-electron chi connectivity index (χ2n) is 9.52. The van der Waals surface area contributed by atoms with Crippen molar-refractivity contribution in [1.29, 1.82) is 0 Å². The van der Waals surface area contributed by atoms with Crippen LogP contribution in [0, 0.1) is 5.41 Å². The minimum Gasteiger partial charge on any atom is -0.478 e. The molecule has 10 heteroatoms. The van der Waals surface area contributed by atoms with Gasteiger partial charge in [0.05, 0.1) is 30.2 Å². The van der Waals surface area contributed by atoms with Crippen LogP contribution in [0.4, 0.5) is 17.2 Å². The molecule has 1 saturated heterocycles. The molecule has 2 fully saturated rings. The summed E-state index contributed by atoms with van der Waals surface area (Å²) in [5.41, 5.74) is 1.93. The van der Waals surface area contributed by atoms with Crippen molar-refractivity contribution in [3.05, 3.63) is 42.0 Å². The lowest BCUT2D eigenvalue weighted by molar-refractivity contribution is 0.102. The first-order chi connectivity index (χ1) is 16.7. The van der Waals surface area contributed by atoms with Crippen molar-refractivity contribution in [3.8, 4) is 5.88 Å². The fraction of sp³-hybridized carbons (Fsp3) is 0.520. The Hall–Kier alpha value is -2.85. The minimum atomic E-state index is -3.76. The van der Waals surface area contributed by atoms with Gasteiger partial charge in [-0.3, -0.25) is 9.52 Å². The number of anilines is 3. The number of pyridine rings is 1. The molecule has 35 heavy (non-hydrogen) atoms. The largest absolute Gasteiger partial charge is 0.478 e. The number of aliphatic hydroxyl groups excluding tert-OH is 1. The number of carbonyl (C=O) groups is 1. The first kappa shape index (κ1) is 25.2. The van der Waals surface area contributed by atoms with Crippen molar-refractivity contribution >= 4 is 33.1 Å². The number of benzene rings is 1. The van der Waals surface area contributed by atoms with E-state index in [-0.39, 0.29) is 5.91 Å². The van der Waals surface area contributed by atoms with Gasteiger partial charge in [0.15, 0.2) is 0 Å². The molecule has 2 aliphatic rings. The maximum absolute atomic E-state index is 13.3. The fourth-order valence-corrected chi connectivity index (χ4v) is 5.12. The Labute approximate surface area is 206 Å². The quantitative estimate of drug-likeness (QED) is 0.454. The van der Waals surface area contributed by atoms with E-state index in [2.05, 4.69) is 19.9 Å². The van der Waals surface area contributed by atoms with Crippen LogP contribution in [0.25, 0.3) is 0 Å². The summed E-state index contributed by atoms with van der Waals surface area (Å²) in [6.07, 6.45) is 5.49. The van der Waals surface area contributed by atoms with E-state index in [1.54, 1.807) is 36.4 Å². The number of carbonyl (C=O) groups excluding carboxylic acids is 1.